The van der Waals surface area contributed by atoms with Crippen molar-refractivity contribution in [2.45, 2.75) is 36.7 Å². The highest BCUT2D eigenvalue weighted by atomic mass is 35.5. The Kier molecular flexibility index (Phi) is 4.89. The molecule has 0 amide bonds. The molecule has 1 nitrogen and oxygen atoms in total. The van der Waals surface area contributed by atoms with Gasteiger partial charge in [-0.2, -0.15) is 0 Å². The molecule has 2 unspecified atom stereocenters. The zero-order chi connectivity index (χ0) is 14.7. The summed E-state index contributed by atoms with van der Waals surface area (Å²) in [7, 11) is 0. The molecule has 0 fully saturated rings. The van der Waals surface area contributed by atoms with Crippen LogP contribution in [-0.4, -0.2) is 5.75 Å². The van der Waals surface area contributed by atoms with Gasteiger partial charge in [0.15, 0.2) is 0 Å². The highest BCUT2D eigenvalue weighted by Gasteiger charge is 2.23. The SMILES string of the molecule is CCC(NC1CCSc2ccc(Cl)cc21)c1ccccc1. The highest BCUT2D eigenvalue weighted by molar-refractivity contribution is 7.99. The molecule has 0 saturated carbocycles. The summed E-state index contributed by atoms with van der Waals surface area (Å²) in [6.07, 6.45) is 2.24. The maximum atomic E-state index is 6.19. The molecule has 1 aliphatic heterocycles. The van der Waals surface area contributed by atoms with E-state index in [9.17, 15) is 0 Å². The summed E-state index contributed by atoms with van der Waals surface area (Å²) >= 11 is 8.13. The van der Waals surface area contributed by atoms with E-state index in [4.69, 9.17) is 11.6 Å². The van der Waals surface area contributed by atoms with Crippen molar-refractivity contribution >= 4 is 23.4 Å². The number of hydrogen-bond acceptors (Lipinski definition) is 2. The quantitative estimate of drug-likeness (QED) is 0.785. The second-order valence-corrected chi connectivity index (χ2v) is 6.98. The van der Waals surface area contributed by atoms with E-state index in [1.165, 1.54) is 16.0 Å². The Balaban J connectivity index is 1.84. The Hall–Kier alpha value is -0.960. The van der Waals surface area contributed by atoms with Crippen LogP contribution in [0, 0.1) is 0 Å². The first kappa shape index (κ1) is 15.0. The fourth-order valence-electron chi connectivity index (χ4n) is 2.92. The molecule has 1 N–H and O–H groups in total. The number of rotatable bonds is 4. The molecule has 3 rings (SSSR count). The average Bonchev–Trinajstić information content (AvgIpc) is 2.53. The minimum absolute atomic E-state index is 0.394. The van der Waals surface area contributed by atoms with Gasteiger partial charge in [-0.1, -0.05) is 48.9 Å². The van der Waals surface area contributed by atoms with Gasteiger partial charge in [-0.25, -0.2) is 0 Å². The minimum atomic E-state index is 0.394. The maximum Gasteiger partial charge on any atom is 0.0410 e. The van der Waals surface area contributed by atoms with Crippen LogP contribution in [0.1, 0.15) is 43.0 Å². The summed E-state index contributed by atoms with van der Waals surface area (Å²) in [5.41, 5.74) is 2.72. The van der Waals surface area contributed by atoms with E-state index in [-0.39, 0.29) is 0 Å². The van der Waals surface area contributed by atoms with Crippen LogP contribution in [0.4, 0.5) is 0 Å². The van der Waals surface area contributed by atoms with Gasteiger partial charge in [0, 0.05) is 22.0 Å². The lowest BCUT2D eigenvalue weighted by Gasteiger charge is -2.30. The summed E-state index contributed by atoms with van der Waals surface area (Å²) in [6.45, 7) is 2.24. The first-order valence-electron chi connectivity index (χ1n) is 7.51. The Morgan fingerprint density at radius 1 is 1.24 bits per heavy atom. The van der Waals surface area contributed by atoms with Gasteiger partial charge in [0.25, 0.3) is 0 Å². The number of thioether (sulfide) groups is 1. The zero-order valence-electron chi connectivity index (χ0n) is 12.2. The van der Waals surface area contributed by atoms with Crippen molar-refractivity contribution in [1.82, 2.24) is 5.32 Å². The fourth-order valence-corrected chi connectivity index (χ4v) is 4.20. The lowest BCUT2D eigenvalue weighted by molar-refractivity contribution is 0.421. The standard InChI is InChI=1S/C18H20ClNS/c1-2-16(13-6-4-3-5-7-13)20-17-10-11-21-18-9-8-14(19)12-15(17)18/h3-9,12,16-17,20H,2,10-11H2,1H3. The highest BCUT2D eigenvalue weighted by Crippen LogP contribution is 2.38. The number of fused-ring (bicyclic) bond motifs is 1. The Bertz CT molecular complexity index is 599. The smallest absolute Gasteiger partial charge is 0.0410 e. The second-order valence-electron chi connectivity index (χ2n) is 5.41. The van der Waals surface area contributed by atoms with Gasteiger partial charge in [0.2, 0.25) is 0 Å². The molecule has 0 bridgehead atoms. The van der Waals surface area contributed by atoms with Gasteiger partial charge in [-0.05, 0) is 47.9 Å². The van der Waals surface area contributed by atoms with Crippen LogP contribution < -0.4 is 5.32 Å². The molecule has 21 heavy (non-hydrogen) atoms. The maximum absolute atomic E-state index is 6.19. The molecule has 0 aliphatic carbocycles. The minimum Gasteiger partial charge on any atom is -0.303 e. The van der Waals surface area contributed by atoms with Gasteiger partial charge in [-0.15, -0.1) is 11.8 Å². The summed E-state index contributed by atoms with van der Waals surface area (Å²) in [5.74, 6) is 1.16. The first-order valence-corrected chi connectivity index (χ1v) is 8.87. The van der Waals surface area contributed by atoms with E-state index in [1.54, 1.807) is 0 Å². The van der Waals surface area contributed by atoms with Crippen LogP contribution >= 0.6 is 23.4 Å². The third-order valence-electron chi connectivity index (χ3n) is 4.02. The van der Waals surface area contributed by atoms with Gasteiger partial charge in [-0.3, -0.25) is 0 Å². The Morgan fingerprint density at radius 2 is 2.05 bits per heavy atom. The predicted octanol–water partition coefficient (Wildman–Crippen LogP) is 5.62. The van der Waals surface area contributed by atoms with Crippen LogP contribution in [0.2, 0.25) is 5.02 Å². The van der Waals surface area contributed by atoms with Crippen molar-refractivity contribution in [2.75, 3.05) is 5.75 Å². The van der Waals surface area contributed by atoms with Gasteiger partial charge in [0.05, 0.1) is 0 Å². The molecular formula is C18H20ClNS. The van der Waals surface area contributed by atoms with Gasteiger partial charge >= 0.3 is 0 Å². The van der Waals surface area contributed by atoms with Gasteiger partial charge < -0.3 is 5.32 Å². The van der Waals surface area contributed by atoms with Crippen LogP contribution in [0.3, 0.4) is 0 Å². The van der Waals surface area contributed by atoms with E-state index < -0.39 is 0 Å². The Labute approximate surface area is 136 Å². The molecule has 2 aromatic carbocycles. The fraction of sp³-hybridized carbons (Fsp3) is 0.333. The normalized spacial score (nSPS) is 19.0. The molecule has 0 spiro atoms. The van der Waals surface area contributed by atoms with Crippen molar-refractivity contribution in [3.63, 3.8) is 0 Å². The van der Waals surface area contributed by atoms with Crippen LogP contribution in [0.5, 0.6) is 0 Å². The summed E-state index contributed by atoms with van der Waals surface area (Å²) in [6, 6.07) is 17.8. The molecule has 2 atom stereocenters. The van der Waals surface area contributed by atoms with Gasteiger partial charge in [0.1, 0.15) is 0 Å². The predicted molar refractivity (Wildman–Crippen MR) is 92.1 cm³/mol. The van der Waals surface area contributed by atoms with E-state index >= 15 is 0 Å². The third-order valence-corrected chi connectivity index (χ3v) is 5.38. The molecule has 2 aromatic rings. The number of benzene rings is 2. The average molecular weight is 318 g/mol. The van der Waals surface area contributed by atoms with Crippen molar-refractivity contribution in [1.29, 1.82) is 0 Å². The monoisotopic (exact) mass is 317 g/mol. The lowest BCUT2D eigenvalue weighted by Crippen LogP contribution is -2.28. The van der Waals surface area contributed by atoms with E-state index in [1.807, 2.05) is 17.8 Å². The van der Waals surface area contributed by atoms with Crippen LogP contribution in [0.15, 0.2) is 53.4 Å². The first-order chi connectivity index (χ1) is 10.3. The molecule has 1 heterocycles. The van der Waals surface area contributed by atoms with Crippen LogP contribution in [0.25, 0.3) is 0 Å². The van der Waals surface area contributed by atoms with Crippen molar-refractivity contribution in [3.8, 4) is 0 Å². The van der Waals surface area contributed by atoms with Crippen molar-refractivity contribution in [2.24, 2.45) is 0 Å². The Morgan fingerprint density at radius 3 is 2.81 bits per heavy atom. The summed E-state index contributed by atoms with van der Waals surface area (Å²) < 4.78 is 0. The van der Waals surface area contributed by atoms with Crippen LogP contribution in [-0.2, 0) is 0 Å². The molecule has 1 aliphatic rings. The topological polar surface area (TPSA) is 12.0 Å². The molecular weight excluding hydrogens is 298 g/mol. The van der Waals surface area contributed by atoms with Crippen molar-refractivity contribution in [3.05, 3.63) is 64.7 Å². The number of halogens is 1. The number of nitrogens with one attached hydrogen (secondary N) is 1. The molecule has 110 valence electrons. The molecule has 0 aromatic heterocycles. The van der Waals surface area contributed by atoms with E-state index in [0.717, 1.165) is 23.6 Å². The summed E-state index contributed by atoms with van der Waals surface area (Å²) in [4.78, 5) is 1.37. The number of hydrogen-bond donors (Lipinski definition) is 1. The molecule has 3 heteroatoms. The van der Waals surface area contributed by atoms with Crippen molar-refractivity contribution < 1.29 is 0 Å². The summed E-state index contributed by atoms with van der Waals surface area (Å²) in [5, 5.41) is 4.66. The third kappa shape index (κ3) is 3.45. The lowest BCUT2D eigenvalue weighted by atomic mass is 9.99. The van der Waals surface area contributed by atoms with E-state index in [2.05, 4.69) is 54.7 Å². The second kappa shape index (κ2) is 6.87. The van der Waals surface area contributed by atoms with E-state index in [0.29, 0.717) is 12.1 Å². The largest absolute Gasteiger partial charge is 0.303 e. The molecule has 0 radical (unpaired) electrons. The zero-order valence-corrected chi connectivity index (χ0v) is 13.8. The molecule has 0 saturated heterocycles.